The van der Waals surface area contributed by atoms with Crippen molar-refractivity contribution in [1.82, 2.24) is 4.90 Å². The number of likely N-dealkylation sites (N-methyl/N-ethyl adjacent to an activating group) is 1. The number of carbonyl (C=O) groups excluding carboxylic acids is 4. The molecule has 13 heteroatoms. The van der Waals surface area contributed by atoms with Crippen molar-refractivity contribution < 1.29 is 29.1 Å². The number of hydrogen-bond acceptors (Lipinski definition) is 11. The van der Waals surface area contributed by atoms with Crippen LogP contribution in [0.1, 0.15) is 43.0 Å². The topological polar surface area (TPSA) is 162 Å². The van der Waals surface area contributed by atoms with Gasteiger partial charge >= 0.3 is 0 Å². The molecule has 0 unspecified atom stereocenters. The summed E-state index contributed by atoms with van der Waals surface area (Å²) in [5.74, 6) is -1.84. The Morgan fingerprint density at radius 1 is 0.732 bits per heavy atom. The SMILES string of the molecule is CN1C(=O)C2=CC(=O)C(=NNc3ccc4c(c3)C(=O)c3cc(N=Nc5c(O)c(CONc6cccc(Cl)c6)cc6ccccc56)ccc3-4)c3cccc(c32)C1=O. The molecule has 0 saturated carbocycles. The number of azo groups is 1. The first kappa shape index (κ1) is 34.5. The minimum Gasteiger partial charge on any atom is -0.505 e. The summed E-state index contributed by atoms with van der Waals surface area (Å²) in [5, 5.41) is 26.6. The largest absolute Gasteiger partial charge is 0.505 e. The van der Waals surface area contributed by atoms with Crippen LogP contribution in [0.15, 0.2) is 131 Å². The number of halogens is 1. The Kier molecular flexibility index (Phi) is 8.34. The van der Waals surface area contributed by atoms with E-state index in [0.29, 0.717) is 66.4 Å². The Morgan fingerprint density at radius 2 is 1.50 bits per heavy atom. The van der Waals surface area contributed by atoms with Crippen LogP contribution < -0.4 is 10.9 Å². The zero-order chi connectivity index (χ0) is 38.7. The van der Waals surface area contributed by atoms with Gasteiger partial charge in [0.25, 0.3) is 11.8 Å². The molecule has 6 aromatic rings. The molecule has 9 rings (SSSR count). The van der Waals surface area contributed by atoms with Gasteiger partial charge in [-0.15, -0.1) is 5.11 Å². The number of phenolic OH excluding ortho intramolecular Hbond substituents is 1. The third kappa shape index (κ3) is 5.80. The van der Waals surface area contributed by atoms with E-state index < -0.39 is 17.6 Å². The van der Waals surface area contributed by atoms with Gasteiger partial charge in [0, 0.05) is 56.9 Å². The number of phenols is 1. The van der Waals surface area contributed by atoms with Crippen molar-refractivity contribution in [3.63, 3.8) is 0 Å². The van der Waals surface area contributed by atoms with E-state index in [1.165, 1.54) is 13.1 Å². The molecule has 0 aromatic heterocycles. The van der Waals surface area contributed by atoms with E-state index in [9.17, 15) is 24.3 Å². The fourth-order valence-corrected chi connectivity index (χ4v) is 7.31. The summed E-state index contributed by atoms with van der Waals surface area (Å²) in [6, 6.07) is 31.6. The summed E-state index contributed by atoms with van der Waals surface area (Å²) in [6.07, 6.45) is 1.20. The van der Waals surface area contributed by atoms with Crippen LogP contribution in [0.3, 0.4) is 0 Å². The second-order valence-electron chi connectivity index (χ2n) is 13.3. The van der Waals surface area contributed by atoms with Crippen molar-refractivity contribution in [2.45, 2.75) is 6.61 Å². The Labute approximate surface area is 323 Å². The standard InChI is InChI=1S/C43H27ClN6O6/c1-50-42(54)32-11-5-10-31-37(32)35(43(50)55)20-36(51)38(31)47-45-25-12-14-29-30-15-13-26(19-34(30)41(53)33(29)18-25)46-48-39-28-9-3-2-6-22(28)16-23(40(39)52)21-56-49-27-8-4-7-24(44)17-27/h2-20,45,49,52H,21H2,1H3. The van der Waals surface area contributed by atoms with E-state index in [-0.39, 0.29) is 35.1 Å². The van der Waals surface area contributed by atoms with Gasteiger partial charge in [0.05, 0.1) is 22.6 Å². The molecule has 0 spiro atoms. The van der Waals surface area contributed by atoms with Crippen molar-refractivity contribution in [3.05, 3.63) is 154 Å². The Hall–Kier alpha value is -7.28. The van der Waals surface area contributed by atoms with Crippen LogP contribution in [-0.2, 0) is 21.0 Å². The van der Waals surface area contributed by atoms with E-state index in [1.807, 2.05) is 30.3 Å². The molecule has 3 N–H and O–H groups in total. The summed E-state index contributed by atoms with van der Waals surface area (Å²) in [4.78, 5) is 59.2. The molecule has 2 amide bonds. The average Bonchev–Trinajstić information content (AvgIpc) is 3.48. The van der Waals surface area contributed by atoms with Crippen molar-refractivity contribution >= 4 is 79.8 Å². The predicted octanol–water partition coefficient (Wildman–Crippen LogP) is 8.76. The maximum absolute atomic E-state index is 13.8. The number of nitrogens with zero attached hydrogens (tertiary/aromatic N) is 4. The molecule has 1 heterocycles. The third-order valence-corrected chi connectivity index (χ3v) is 10.1. The lowest BCUT2D eigenvalue weighted by Gasteiger charge is -2.29. The van der Waals surface area contributed by atoms with Gasteiger partial charge in [-0.25, -0.2) is 0 Å². The fourth-order valence-electron chi connectivity index (χ4n) is 7.12. The van der Waals surface area contributed by atoms with Crippen LogP contribution in [0.25, 0.3) is 27.5 Å². The number of amides is 2. The normalized spacial score (nSPS) is 15.0. The highest BCUT2D eigenvalue weighted by atomic mass is 35.5. The number of aromatic hydroxyl groups is 1. The summed E-state index contributed by atoms with van der Waals surface area (Å²) >= 11 is 6.07. The number of ketones is 2. The van der Waals surface area contributed by atoms with E-state index in [2.05, 4.69) is 26.2 Å². The van der Waals surface area contributed by atoms with Gasteiger partial charge in [0.15, 0.2) is 5.78 Å². The lowest BCUT2D eigenvalue weighted by atomic mass is 9.82. The minimum absolute atomic E-state index is 0.0170. The van der Waals surface area contributed by atoms with Crippen LogP contribution in [0.4, 0.5) is 22.7 Å². The van der Waals surface area contributed by atoms with Gasteiger partial charge in [-0.3, -0.25) is 39.8 Å². The molecule has 0 bridgehead atoms. The van der Waals surface area contributed by atoms with Gasteiger partial charge in [-0.1, -0.05) is 66.2 Å². The summed E-state index contributed by atoms with van der Waals surface area (Å²) < 4.78 is 0. The van der Waals surface area contributed by atoms with Crippen molar-refractivity contribution in [1.29, 1.82) is 0 Å². The number of hydrogen-bond donors (Lipinski definition) is 3. The molecule has 12 nitrogen and oxygen atoms in total. The maximum atomic E-state index is 13.8. The number of rotatable bonds is 8. The number of imide groups is 1. The lowest BCUT2D eigenvalue weighted by molar-refractivity contribution is -0.122. The number of benzene rings is 6. The summed E-state index contributed by atoms with van der Waals surface area (Å²) in [6.45, 7) is 0.0170. The first-order chi connectivity index (χ1) is 27.2. The molecule has 0 saturated heterocycles. The molecule has 0 fully saturated rings. The summed E-state index contributed by atoms with van der Waals surface area (Å²) in [5.41, 5.74) is 11.5. The van der Waals surface area contributed by atoms with Gasteiger partial charge in [0.1, 0.15) is 23.8 Å². The molecule has 56 heavy (non-hydrogen) atoms. The van der Waals surface area contributed by atoms with E-state index in [0.717, 1.165) is 15.8 Å². The zero-order valence-corrected chi connectivity index (χ0v) is 30.1. The van der Waals surface area contributed by atoms with E-state index >= 15 is 0 Å². The first-order valence-corrected chi connectivity index (χ1v) is 17.7. The molecule has 0 radical (unpaired) electrons. The Morgan fingerprint density at radius 3 is 2.34 bits per heavy atom. The number of allylic oxidation sites excluding steroid dienone is 1. The van der Waals surface area contributed by atoms with Gasteiger partial charge in [-0.05, 0) is 71.1 Å². The first-order valence-electron chi connectivity index (χ1n) is 17.3. The lowest BCUT2D eigenvalue weighted by Crippen LogP contribution is -2.41. The Bertz CT molecular complexity index is 2850. The number of nitrogens with one attached hydrogen (secondary N) is 2. The third-order valence-electron chi connectivity index (χ3n) is 9.85. The number of anilines is 2. The van der Waals surface area contributed by atoms with Gasteiger partial charge in [0.2, 0.25) is 5.78 Å². The summed E-state index contributed by atoms with van der Waals surface area (Å²) in [7, 11) is 1.38. The highest BCUT2D eigenvalue weighted by Crippen LogP contribution is 2.42. The smallest absolute Gasteiger partial charge is 0.261 e. The van der Waals surface area contributed by atoms with Crippen LogP contribution in [0, 0.1) is 0 Å². The second-order valence-corrected chi connectivity index (χ2v) is 13.7. The predicted molar refractivity (Wildman–Crippen MR) is 212 cm³/mol. The highest BCUT2D eigenvalue weighted by molar-refractivity contribution is 6.56. The molecule has 2 aliphatic carbocycles. The zero-order valence-electron chi connectivity index (χ0n) is 29.3. The molecule has 272 valence electrons. The molecular weight excluding hydrogens is 732 g/mol. The van der Waals surface area contributed by atoms with E-state index in [4.69, 9.17) is 16.4 Å². The van der Waals surface area contributed by atoms with Crippen LogP contribution in [0.5, 0.6) is 5.75 Å². The highest BCUT2D eigenvalue weighted by Gasteiger charge is 2.39. The van der Waals surface area contributed by atoms with Gasteiger partial charge < -0.3 is 5.11 Å². The number of carbonyl (C=O) groups is 4. The monoisotopic (exact) mass is 758 g/mol. The Balaban J connectivity index is 0.961. The second kappa shape index (κ2) is 13.5. The average molecular weight is 759 g/mol. The van der Waals surface area contributed by atoms with Crippen molar-refractivity contribution in [2.75, 3.05) is 18.0 Å². The maximum Gasteiger partial charge on any atom is 0.261 e. The van der Waals surface area contributed by atoms with E-state index in [1.54, 1.807) is 78.9 Å². The molecular formula is C43H27ClN6O6. The van der Waals surface area contributed by atoms with Gasteiger partial charge in [-0.2, -0.15) is 10.2 Å². The molecule has 0 atom stereocenters. The quantitative estimate of drug-likeness (QED) is 0.0787. The minimum atomic E-state index is -0.554. The van der Waals surface area contributed by atoms with Crippen LogP contribution in [-0.4, -0.2) is 46.1 Å². The number of hydrazone groups is 1. The van der Waals surface area contributed by atoms with Crippen LogP contribution in [0.2, 0.25) is 5.02 Å². The molecule has 3 aliphatic rings. The number of fused-ring (bicyclic) bond motifs is 4. The van der Waals surface area contributed by atoms with Crippen LogP contribution >= 0.6 is 11.6 Å². The van der Waals surface area contributed by atoms with Crippen molar-refractivity contribution in [2.24, 2.45) is 15.3 Å². The molecule has 1 aliphatic heterocycles. The fraction of sp³-hybridized carbons (Fsp3) is 0.0465. The van der Waals surface area contributed by atoms with Crippen molar-refractivity contribution in [3.8, 4) is 16.9 Å². The molecule has 6 aromatic carbocycles.